The quantitative estimate of drug-likeness (QED) is 0.833. The van der Waals surface area contributed by atoms with Gasteiger partial charge in [0.2, 0.25) is 0 Å². The fourth-order valence-corrected chi connectivity index (χ4v) is 2.89. The average molecular weight is 344 g/mol. The van der Waals surface area contributed by atoms with Crippen LogP contribution in [0.5, 0.6) is 0 Å². The number of nitrogens with zero attached hydrogens (tertiary/aromatic N) is 3. The van der Waals surface area contributed by atoms with Crippen molar-refractivity contribution in [3.8, 4) is 0 Å². The summed E-state index contributed by atoms with van der Waals surface area (Å²) in [6.45, 7) is 9.20. The minimum absolute atomic E-state index is 0.117. The first-order chi connectivity index (χ1) is 12.1. The van der Waals surface area contributed by atoms with E-state index in [1.54, 1.807) is 7.11 Å². The Morgan fingerprint density at radius 3 is 2.52 bits per heavy atom. The lowest BCUT2D eigenvalue weighted by molar-refractivity contribution is 0.122. The first kappa shape index (κ1) is 17.9. The van der Waals surface area contributed by atoms with Crippen LogP contribution < -0.4 is 10.2 Å². The maximum absolute atomic E-state index is 5.48. The molecule has 0 amide bonds. The van der Waals surface area contributed by atoms with Crippen molar-refractivity contribution in [2.75, 3.05) is 56.8 Å². The monoisotopic (exact) mass is 344 g/mol. The smallest absolute Gasteiger partial charge is 0.172 e. The fraction of sp³-hybridized carbons (Fsp3) is 0.579. The molecule has 1 N–H and O–H groups in total. The number of rotatable bonds is 7. The number of anilines is 2. The summed E-state index contributed by atoms with van der Waals surface area (Å²) < 4.78 is 10.7. The summed E-state index contributed by atoms with van der Waals surface area (Å²) in [6.07, 6.45) is 0.990. The van der Waals surface area contributed by atoms with Crippen LogP contribution in [0.1, 0.15) is 20.3 Å². The molecule has 0 aliphatic carbocycles. The molecule has 0 unspecified atom stereocenters. The number of morpholine rings is 1. The molecule has 136 valence electrons. The number of benzene rings is 1. The van der Waals surface area contributed by atoms with Crippen molar-refractivity contribution in [3.05, 3.63) is 24.3 Å². The van der Waals surface area contributed by atoms with E-state index in [2.05, 4.69) is 24.1 Å². The Labute approximate surface area is 149 Å². The molecule has 25 heavy (non-hydrogen) atoms. The maximum atomic E-state index is 5.48. The van der Waals surface area contributed by atoms with Crippen LogP contribution in [0.15, 0.2) is 24.3 Å². The number of ether oxygens (including phenoxy) is 2. The first-order valence-corrected chi connectivity index (χ1v) is 8.91. The molecule has 1 aromatic carbocycles. The summed E-state index contributed by atoms with van der Waals surface area (Å²) >= 11 is 0. The Hall–Kier alpha value is -1.92. The fourth-order valence-electron chi connectivity index (χ4n) is 2.89. The SMILES string of the molecule is COCCC(C)(C)CNc1nc2ccccc2nc1N1CCOCC1. The van der Waals surface area contributed by atoms with Crippen LogP contribution in [0.4, 0.5) is 11.6 Å². The van der Waals surface area contributed by atoms with Gasteiger partial charge < -0.3 is 19.7 Å². The topological polar surface area (TPSA) is 59.5 Å². The zero-order valence-electron chi connectivity index (χ0n) is 15.4. The molecule has 2 heterocycles. The van der Waals surface area contributed by atoms with Gasteiger partial charge in [0.15, 0.2) is 11.6 Å². The lowest BCUT2D eigenvalue weighted by atomic mass is 9.90. The summed E-state index contributed by atoms with van der Waals surface area (Å²) in [4.78, 5) is 12.0. The van der Waals surface area contributed by atoms with Crippen molar-refractivity contribution in [3.63, 3.8) is 0 Å². The van der Waals surface area contributed by atoms with Gasteiger partial charge in [-0.15, -0.1) is 0 Å². The molecular weight excluding hydrogens is 316 g/mol. The Morgan fingerprint density at radius 1 is 1.16 bits per heavy atom. The molecule has 3 rings (SSSR count). The number of fused-ring (bicyclic) bond motifs is 1. The van der Waals surface area contributed by atoms with Gasteiger partial charge in [-0.25, -0.2) is 9.97 Å². The third-order valence-corrected chi connectivity index (χ3v) is 4.58. The van der Waals surface area contributed by atoms with E-state index in [0.29, 0.717) is 0 Å². The molecule has 1 aliphatic heterocycles. The molecule has 1 aliphatic rings. The summed E-state index contributed by atoms with van der Waals surface area (Å²) in [7, 11) is 1.74. The van der Waals surface area contributed by atoms with E-state index in [1.807, 2.05) is 24.3 Å². The van der Waals surface area contributed by atoms with Gasteiger partial charge in [-0.2, -0.15) is 0 Å². The summed E-state index contributed by atoms with van der Waals surface area (Å²) in [5.74, 6) is 1.77. The molecular formula is C19H28N4O2. The number of hydrogen-bond donors (Lipinski definition) is 1. The molecule has 0 bridgehead atoms. The van der Waals surface area contributed by atoms with E-state index in [4.69, 9.17) is 19.4 Å². The molecule has 1 saturated heterocycles. The standard InChI is InChI=1S/C19H28N4O2/c1-19(2,8-11-24-3)14-20-17-18(23-9-12-25-13-10-23)22-16-7-5-4-6-15(16)21-17/h4-7H,8-14H2,1-3H3,(H,20,21). The summed E-state index contributed by atoms with van der Waals surface area (Å²) in [5.41, 5.74) is 1.95. The molecule has 1 aromatic heterocycles. The third kappa shape index (κ3) is 4.58. The van der Waals surface area contributed by atoms with Gasteiger partial charge >= 0.3 is 0 Å². The second-order valence-electron chi connectivity index (χ2n) is 7.24. The van der Waals surface area contributed by atoms with E-state index in [1.165, 1.54) is 0 Å². The highest BCUT2D eigenvalue weighted by molar-refractivity contribution is 5.80. The molecule has 0 saturated carbocycles. The van der Waals surface area contributed by atoms with Crippen LogP contribution in [0, 0.1) is 5.41 Å². The van der Waals surface area contributed by atoms with E-state index >= 15 is 0 Å². The van der Waals surface area contributed by atoms with Crippen LogP contribution in [-0.2, 0) is 9.47 Å². The van der Waals surface area contributed by atoms with E-state index in [-0.39, 0.29) is 5.41 Å². The van der Waals surface area contributed by atoms with Gasteiger partial charge in [0, 0.05) is 33.4 Å². The number of methoxy groups -OCH3 is 1. The van der Waals surface area contributed by atoms with Crippen LogP contribution >= 0.6 is 0 Å². The van der Waals surface area contributed by atoms with Gasteiger partial charge in [0.1, 0.15) is 0 Å². The maximum Gasteiger partial charge on any atom is 0.172 e. The van der Waals surface area contributed by atoms with Crippen molar-refractivity contribution in [1.29, 1.82) is 0 Å². The normalized spacial score (nSPS) is 15.6. The molecule has 0 spiro atoms. The number of aromatic nitrogens is 2. The number of hydrogen-bond acceptors (Lipinski definition) is 6. The third-order valence-electron chi connectivity index (χ3n) is 4.58. The predicted octanol–water partition coefficient (Wildman–Crippen LogP) is 2.94. The van der Waals surface area contributed by atoms with E-state index in [9.17, 15) is 0 Å². The minimum Gasteiger partial charge on any atom is -0.385 e. The summed E-state index contributed by atoms with van der Waals surface area (Å²) in [5, 5.41) is 3.54. The Kier molecular flexibility index (Phi) is 5.71. The van der Waals surface area contributed by atoms with Crippen LogP contribution in [0.2, 0.25) is 0 Å². The average Bonchev–Trinajstić information content (AvgIpc) is 2.65. The van der Waals surface area contributed by atoms with Crippen LogP contribution in [0.3, 0.4) is 0 Å². The summed E-state index contributed by atoms with van der Waals surface area (Å²) in [6, 6.07) is 8.02. The lowest BCUT2D eigenvalue weighted by Crippen LogP contribution is -2.37. The molecule has 0 radical (unpaired) electrons. The Balaban J connectivity index is 1.86. The highest BCUT2D eigenvalue weighted by atomic mass is 16.5. The predicted molar refractivity (Wildman–Crippen MR) is 101 cm³/mol. The minimum atomic E-state index is 0.117. The van der Waals surface area contributed by atoms with Gasteiger partial charge in [0.05, 0.1) is 24.2 Å². The second kappa shape index (κ2) is 7.97. The number of nitrogens with one attached hydrogen (secondary N) is 1. The Bertz CT molecular complexity index is 699. The highest BCUT2D eigenvalue weighted by Crippen LogP contribution is 2.28. The van der Waals surface area contributed by atoms with Crippen LogP contribution in [-0.4, -0.2) is 56.5 Å². The first-order valence-electron chi connectivity index (χ1n) is 8.91. The van der Waals surface area contributed by atoms with Gasteiger partial charge in [-0.1, -0.05) is 26.0 Å². The largest absolute Gasteiger partial charge is 0.385 e. The van der Waals surface area contributed by atoms with Crippen LogP contribution in [0.25, 0.3) is 11.0 Å². The van der Waals surface area contributed by atoms with Crippen molar-refractivity contribution in [2.24, 2.45) is 5.41 Å². The van der Waals surface area contributed by atoms with Crippen molar-refractivity contribution < 1.29 is 9.47 Å². The lowest BCUT2D eigenvalue weighted by Gasteiger charge is -2.30. The molecule has 6 nitrogen and oxygen atoms in total. The van der Waals surface area contributed by atoms with Gasteiger partial charge in [-0.05, 0) is 24.0 Å². The zero-order chi connectivity index (χ0) is 17.7. The van der Waals surface area contributed by atoms with E-state index in [0.717, 1.165) is 68.5 Å². The van der Waals surface area contributed by atoms with E-state index < -0.39 is 0 Å². The molecule has 2 aromatic rings. The van der Waals surface area contributed by atoms with Crippen molar-refractivity contribution in [2.45, 2.75) is 20.3 Å². The van der Waals surface area contributed by atoms with Gasteiger partial charge in [-0.3, -0.25) is 0 Å². The zero-order valence-corrected chi connectivity index (χ0v) is 15.4. The van der Waals surface area contributed by atoms with Gasteiger partial charge in [0.25, 0.3) is 0 Å². The van der Waals surface area contributed by atoms with Crippen molar-refractivity contribution >= 4 is 22.7 Å². The Morgan fingerprint density at radius 2 is 1.84 bits per heavy atom. The molecule has 0 atom stereocenters. The number of para-hydroxylation sites is 2. The van der Waals surface area contributed by atoms with Crippen molar-refractivity contribution in [1.82, 2.24) is 9.97 Å². The molecule has 6 heteroatoms. The second-order valence-corrected chi connectivity index (χ2v) is 7.24. The highest BCUT2D eigenvalue weighted by Gasteiger charge is 2.22. The molecule has 1 fully saturated rings.